The second-order valence-corrected chi connectivity index (χ2v) is 5.21. The van der Waals surface area contributed by atoms with Crippen molar-refractivity contribution in [2.75, 3.05) is 18.1 Å². The van der Waals surface area contributed by atoms with Crippen molar-refractivity contribution < 1.29 is 4.79 Å². The molecule has 4 nitrogen and oxygen atoms in total. The van der Waals surface area contributed by atoms with Crippen molar-refractivity contribution in [3.05, 3.63) is 17.5 Å². The third kappa shape index (κ3) is 4.07. The van der Waals surface area contributed by atoms with E-state index in [0.29, 0.717) is 5.56 Å². The maximum atomic E-state index is 11.9. The van der Waals surface area contributed by atoms with Crippen LogP contribution in [0.5, 0.6) is 0 Å². The van der Waals surface area contributed by atoms with E-state index in [0.717, 1.165) is 36.7 Å². The van der Waals surface area contributed by atoms with E-state index in [-0.39, 0.29) is 5.91 Å². The van der Waals surface area contributed by atoms with Crippen LogP contribution in [-0.4, -0.2) is 33.7 Å². The SMILES string of the molecule is CCCn1ncc(C(=O)NCCSCC)c1C. The Morgan fingerprint density at radius 2 is 2.29 bits per heavy atom. The molecule has 1 heterocycles. The Bertz CT molecular complexity index is 363. The number of aryl methyl sites for hydroxylation is 1. The molecular weight excluding hydrogens is 234 g/mol. The zero-order valence-corrected chi connectivity index (χ0v) is 11.6. The summed E-state index contributed by atoms with van der Waals surface area (Å²) in [6.07, 6.45) is 2.68. The van der Waals surface area contributed by atoms with Gasteiger partial charge in [0.15, 0.2) is 0 Å². The summed E-state index contributed by atoms with van der Waals surface area (Å²) in [5.74, 6) is 2.04. The van der Waals surface area contributed by atoms with Crippen LogP contribution in [0.4, 0.5) is 0 Å². The smallest absolute Gasteiger partial charge is 0.254 e. The van der Waals surface area contributed by atoms with Gasteiger partial charge in [0.1, 0.15) is 0 Å². The molecule has 0 fully saturated rings. The molecule has 0 saturated carbocycles. The van der Waals surface area contributed by atoms with Crippen molar-refractivity contribution in [2.45, 2.75) is 33.7 Å². The van der Waals surface area contributed by atoms with Crippen LogP contribution >= 0.6 is 11.8 Å². The first kappa shape index (κ1) is 14.1. The molecule has 0 radical (unpaired) electrons. The minimum Gasteiger partial charge on any atom is -0.351 e. The average molecular weight is 255 g/mol. The summed E-state index contributed by atoms with van der Waals surface area (Å²) < 4.78 is 1.88. The second kappa shape index (κ2) is 7.37. The number of nitrogens with one attached hydrogen (secondary N) is 1. The number of hydrogen-bond acceptors (Lipinski definition) is 3. The van der Waals surface area contributed by atoms with Gasteiger partial charge in [0.2, 0.25) is 0 Å². The number of amides is 1. The van der Waals surface area contributed by atoms with E-state index in [2.05, 4.69) is 24.3 Å². The summed E-state index contributed by atoms with van der Waals surface area (Å²) in [5, 5.41) is 7.14. The monoisotopic (exact) mass is 255 g/mol. The molecule has 0 atom stereocenters. The predicted octanol–water partition coefficient (Wildman–Crippen LogP) is 2.08. The number of rotatable bonds is 7. The van der Waals surface area contributed by atoms with E-state index < -0.39 is 0 Å². The van der Waals surface area contributed by atoms with Gasteiger partial charge in [0.25, 0.3) is 5.91 Å². The minimum atomic E-state index is -0.0124. The topological polar surface area (TPSA) is 46.9 Å². The van der Waals surface area contributed by atoms with Gasteiger partial charge in [-0.25, -0.2) is 0 Å². The largest absolute Gasteiger partial charge is 0.351 e. The molecule has 0 bridgehead atoms. The fourth-order valence-electron chi connectivity index (χ4n) is 1.58. The maximum absolute atomic E-state index is 11.9. The fraction of sp³-hybridized carbons (Fsp3) is 0.667. The van der Waals surface area contributed by atoms with Crippen LogP contribution in [0.3, 0.4) is 0 Å². The van der Waals surface area contributed by atoms with Gasteiger partial charge >= 0.3 is 0 Å². The highest BCUT2D eigenvalue weighted by atomic mass is 32.2. The van der Waals surface area contributed by atoms with Gasteiger partial charge in [-0.05, 0) is 19.1 Å². The van der Waals surface area contributed by atoms with E-state index in [4.69, 9.17) is 0 Å². The summed E-state index contributed by atoms with van der Waals surface area (Å²) in [6.45, 7) is 7.74. The van der Waals surface area contributed by atoms with Crippen LogP contribution in [0.1, 0.15) is 36.3 Å². The van der Waals surface area contributed by atoms with Crippen molar-refractivity contribution in [3.8, 4) is 0 Å². The molecule has 0 aliphatic rings. The zero-order valence-electron chi connectivity index (χ0n) is 10.8. The van der Waals surface area contributed by atoms with E-state index in [1.807, 2.05) is 23.4 Å². The number of carbonyl (C=O) groups is 1. The lowest BCUT2D eigenvalue weighted by Gasteiger charge is -2.05. The van der Waals surface area contributed by atoms with Crippen LogP contribution in [0, 0.1) is 6.92 Å². The maximum Gasteiger partial charge on any atom is 0.254 e. The van der Waals surface area contributed by atoms with Crippen molar-refractivity contribution in [3.63, 3.8) is 0 Å². The molecule has 0 spiro atoms. The summed E-state index contributed by atoms with van der Waals surface area (Å²) >= 11 is 1.83. The molecule has 1 amide bonds. The number of nitrogens with zero attached hydrogens (tertiary/aromatic N) is 2. The van der Waals surface area contributed by atoms with Crippen molar-refractivity contribution in [1.29, 1.82) is 0 Å². The molecular formula is C12H21N3OS. The molecule has 0 aliphatic carbocycles. The van der Waals surface area contributed by atoms with Crippen LogP contribution in [0.15, 0.2) is 6.20 Å². The van der Waals surface area contributed by atoms with Crippen LogP contribution in [0.25, 0.3) is 0 Å². The minimum absolute atomic E-state index is 0.0124. The Kier molecular flexibility index (Phi) is 6.11. The number of hydrogen-bond donors (Lipinski definition) is 1. The molecule has 0 saturated heterocycles. The van der Waals surface area contributed by atoms with E-state index >= 15 is 0 Å². The van der Waals surface area contributed by atoms with E-state index in [1.54, 1.807) is 6.20 Å². The normalized spacial score (nSPS) is 10.5. The molecule has 1 aromatic rings. The molecule has 0 aromatic carbocycles. The molecule has 0 aliphatic heterocycles. The van der Waals surface area contributed by atoms with Crippen LogP contribution in [0.2, 0.25) is 0 Å². The van der Waals surface area contributed by atoms with Crippen molar-refractivity contribution in [1.82, 2.24) is 15.1 Å². The van der Waals surface area contributed by atoms with Gasteiger partial charge in [0, 0.05) is 24.5 Å². The molecule has 1 rings (SSSR count). The van der Waals surface area contributed by atoms with E-state index in [9.17, 15) is 4.79 Å². The first-order valence-corrected chi connectivity index (χ1v) is 7.24. The highest BCUT2D eigenvalue weighted by Gasteiger charge is 2.12. The summed E-state index contributed by atoms with van der Waals surface area (Å²) in [4.78, 5) is 11.9. The molecule has 17 heavy (non-hydrogen) atoms. The van der Waals surface area contributed by atoms with Gasteiger partial charge in [-0.2, -0.15) is 16.9 Å². The Hall–Kier alpha value is -0.970. The van der Waals surface area contributed by atoms with Crippen molar-refractivity contribution in [2.24, 2.45) is 0 Å². The zero-order chi connectivity index (χ0) is 12.7. The predicted molar refractivity (Wildman–Crippen MR) is 72.6 cm³/mol. The van der Waals surface area contributed by atoms with Crippen LogP contribution < -0.4 is 5.32 Å². The number of thioether (sulfide) groups is 1. The molecule has 1 N–H and O–H groups in total. The second-order valence-electron chi connectivity index (χ2n) is 3.82. The van der Waals surface area contributed by atoms with Gasteiger partial charge < -0.3 is 5.32 Å². The van der Waals surface area contributed by atoms with Gasteiger partial charge in [-0.15, -0.1) is 0 Å². The van der Waals surface area contributed by atoms with Gasteiger partial charge in [0.05, 0.1) is 11.8 Å². The Morgan fingerprint density at radius 3 is 2.94 bits per heavy atom. The van der Waals surface area contributed by atoms with Crippen molar-refractivity contribution >= 4 is 17.7 Å². The number of aromatic nitrogens is 2. The van der Waals surface area contributed by atoms with E-state index in [1.165, 1.54) is 0 Å². The Labute approximate surface area is 107 Å². The standard InChI is InChI=1S/C12H21N3OS/c1-4-7-15-10(3)11(9-14-15)12(16)13-6-8-17-5-2/h9H,4-8H2,1-3H3,(H,13,16). The first-order valence-electron chi connectivity index (χ1n) is 6.09. The first-order chi connectivity index (χ1) is 8.20. The molecule has 0 unspecified atom stereocenters. The molecule has 5 heteroatoms. The summed E-state index contributed by atoms with van der Waals surface area (Å²) in [5.41, 5.74) is 1.65. The lowest BCUT2D eigenvalue weighted by atomic mass is 10.2. The lowest BCUT2D eigenvalue weighted by Crippen LogP contribution is -2.26. The van der Waals surface area contributed by atoms with Crippen LogP contribution in [-0.2, 0) is 6.54 Å². The average Bonchev–Trinajstić information content (AvgIpc) is 2.67. The Morgan fingerprint density at radius 1 is 1.53 bits per heavy atom. The summed E-state index contributed by atoms with van der Waals surface area (Å²) in [6, 6.07) is 0. The quantitative estimate of drug-likeness (QED) is 0.759. The van der Waals surface area contributed by atoms with Gasteiger partial charge in [-0.3, -0.25) is 9.48 Å². The highest BCUT2D eigenvalue weighted by molar-refractivity contribution is 7.99. The third-order valence-corrected chi connectivity index (χ3v) is 3.42. The Balaban J connectivity index is 2.51. The molecule has 1 aromatic heterocycles. The van der Waals surface area contributed by atoms with Gasteiger partial charge in [-0.1, -0.05) is 13.8 Å². The fourth-order valence-corrected chi connectivity index (χ4v) is 2.12. The molecule has 96 valence electrons. The third-order valence-electron chi connectivity index (χ3n) is 2.52. The highest BCUT2D eigenvalue weighted by Crippen LogP contribution is 2.07. The lowest BCUT2D eigenvalue weighted by molar-refractivity contribution is 0.0955. The number of carbonyl (C=O) groups excluding carboxylic acids is 1. The summed E-state index contributed by atoms with van der Waals surface area (Å²) in [7, 11) is 0.